The number of nitrogens with one attached hydrogen (secondary N) is 2. The maximum atomic E-state index is 12.0. The van der Waals surface area contributed by atoms with Gasteiger partial charge in [-0.1, -0.05) is 0 Å². The number of amides is 2. The van der Waals surface area contributed by atoms with E-state index in [1.807, 2.05) is 0 Å². The molecule has 1 atom stereocenters. The van der Waals surface area contributed by atoms with E-state index in [-0.39, 0.29) is 23.7 Å². The average Bonchev–Trinajstić information content (AvgIpc) is 2.41. The van der Waals surface area contributed by atoms with Crippen LogP contribution in [0.15, 0.2) is 0 Å². The summed E-state index contributed by atoms with van der Waals surface area (Å²) in [5, 5.41) is 14.4. The SMILES string of the molecule is O=C(O)C1CCC(C(=O)NC2CCCNC2=O)CC1. The van der Waals surface area contributed by atoms with Crippen molar-refractivity contribution in [1.82, 2.24) is 10.6 Å². The fraction of sp³-hybridized carbons (Fsp3) is 0.769. The van der Waals surface area contributed by atoms with E-state index in [1.54, 1.807) is 0 Å². The Morgan fingerprint density at radius 1 is 1.11 bits per heavy atom. The maximum Gasteiger partial charge on any atom is 0.306 e. The molecule has 19 heavy (non-hydrogen) atoms. The molecule has 2 fully saturated rings. The molecular weight excluding hydrogens is 248 g/mol. The lowest BCUT2D eigenvalue weighted by atomic mass is 9.81. The van der Waals surface area contributed by atoms with Crippen LogP contribution in [0.1, 0.15) is 38.5 Å². The van der Waals surface area contributed by atoms with Crippen molar-refractivity contribution in [2.45, 2.75) is 44.6 Å². The number of carboxylic acid groups (broad SMARTS) is 1. The Labute approximate surface area is 111 Å². The molecule has 6 heteroatoms. The number of hydrogen-bond acceptors (Lipinski definition) is 3. The zero-order valence-corrected chi connectivity index (χ0v) is 10.9. The van der Waals surface area contributed by atoms with E-state index in [1.165, 1.54) is 0 Å². The van der Waals surface area contributed by atoms with Crippen molar-refractivity contribution in [1.29, 1.82) is 0 Å². The summed E-state index contributed by atoms with van der Waals surface area (Å²) < 4.78 is 0. The summed E-state index contributed by atoms with van der Waals surface area (Å²) in [5.74, 6) is -1.46. The standard InChI is InChI=1S/C13H20N2O4/c16-11(15-10-2-1-7-14-12(10)17)8-3-5-9(6-4-8)13(18)19/h8-10H,1-7H2,(H,14,17)(H,15,16)(H,18,19). The molecule has 1 aliphatic carbocycles. The second-order valence-electron chi connectivity index (χ2n) is 5.38. The lowest BCUT2D eigenvalue weighted by Crippen LogP contribution is -2.51. The van der Waals surface area contributed by atoms with E-state index in [0.29, 0.717) is 38.6 Å². The largest absolute Gasteiger partial charge is 0.481 e. The highest BCUT2D eigenvalue weighted by Gasteiger charge is 2.32. The first-order chi connectivity index (χ1) is 9.08. The van der Waals surface area contributed by atoms with Crippen LogP contribution in [-0.4, -0.2) is 35.5 Å². The van der Waals surface area contributed by atoms with Gasteiger partial charge in [-0.15, -0.1) is 0 Å². The van der Waals surface area contributed by atoms with Crippen LogP contribution in [-0.2, 0) is 14.4 Å². The summed E-state index contributed by atoms with van der Waals surface area (Å²) in [7, 11) is 0. The van der Waals surface area contributed by atoms with E-state index in [4.69, 9.17) is 5.11 Å². The van der Waals surface area contributed by atoms with Crippen LogP contribution in [0.3, 0.4) is 0 Å². The maximum absolute atomic E-state index is 12.0. The summed E-state index contributed by atoms with van der Waals surface area (Å²) in [6.07, 6.45) is 3.84. The molecule has 106 valence electrons. The zero-order valence-electron chi connectivity index (χ0n) is 10.9. The highest BCUT2D eigenvalue weighted by atomic mass is 16.4. The lowest BCUT2D eigenvalue weighted by Gasteiger charge is -2.28. The Bertz CT molecular complexity index is 375. The van der Waals surface area contributed by atoms with E-state index in [0.717, 1.165) is 6.42 Å². The minimum atomic E-state index is -0.773. The van der Waals surface area contributed by atoms with Crippen molar-refractivity contribution < 1.29 is 19.5 Å². The molecular formula is C13H20N2O4. The Morgan fingerprint density at radius 3 is 2.32 bits per heavy atom. The van der Waals surface area contributed by atoms with Crippen molar-refractivity contribution in [2.24, 2.45) is 11.8 Å². The smallest absolute Gasteiger partial charge is 0.306 e. The summed E-state index contributed by atoms with van der Waals surface area (Å²) >= 11 is 0. The van der Waals surface area contributed by atoms with Crippen molar-refractivity contribution in [3.05, 3.63) is 0 Å². The van der Waals surface area contributed by atoms with Gasteiger partial charge in [0.25, 0.3) is 0 Å². The Hall–Kier alpha value is -1.59. The number of carbonyl (C=O) groups is 3. The molecule has 0 spiro atoms. The molecule has 1 saturated carbocycles. The van der Waals surface area contributed by atoms with Gasteiger partial charge in [-0.2, -0.15) is 0 Å². The van der Waals surface area contributed by atoms with Crippen LogP contribution < -0.4 is 10.6 Å². The fourth-order valence-electron chi connectivity index (χ4n) is 2.80. The lowest BCUT2D eigenvalue weighted by molar-refractivity contribution is -0.144. The highest BCUT2D eigenvalue weighted by Crippen LogP contribution is 2.29. The van der Waals surface area contributed by atoms with Gasteiger partial charge in [0.1, 0.15) is 6.04 Å². The predicted octanol–water partition coefficient (Wildman–Crippen LogP) is 0.272. The second kappa shape index (κ2) is 6.04. The zero-order chi connectivity index (χ0) is 13.8. The van der Waals surface area contributed by atoms with Crippen molar-refractivity contribution in [3.63, 3.8) is 0 Å². The van der Waals surface area contributed by atoms with Gasteiger partial charge in [0.05, 0.1) is 5.92 Å². The number of aliphatic carboxylic acids is 1. The molecule has 1 unspecified atom stereocenters. The summed E-state index contributed by atoms with van der Waals surface area (Å²) in [5.41, 5.74) is 0. The quantitative estimate of drug-likeness (QED) is 0.684. The third-order valence-electron chi connectivity index (χ3n) is 4.05. The molecule has 1 aliphatic heterocycles. The molecule has 0 radical (unpaired) electrons. The van der Waals surface area contributed by atoms with Crippen molar-refractivity contribution in [3.8, 4) is 0 Å². The minimum Gasteiger partial charge on any atom is -0.481 e. The van der Waals surface area contributed by atoms with E-state index in [9.17, 15) is 14.4 Å². The van der Waals surface area contributed by atoms with Gasteiger partial charge in [-0.25, -0.2) is 0 Å². The number of piperidine rings is 1. The predicted molar refractivity (Wildman–Crippen MR) is 67.3 cm³/mol. The van der Waals surface area contributed by atoms with Crippen LogP contribution in [0.5, 0.6) is 0 Å². The molecule has 6 nitrogen and oxygen atoms in total. The molecule has 2 amide bonds. The van der Waals surface area contributed by atoms with Gasteiger partial charge in [-0.3, -0.25) is 14.4 Å². The third-order valence-corrected chi connectivity index (χ3v) is 4.05. The van der Waals surface area contributed by atoms with Gasteiger partial charge >= 0.3 is 5.97 Å². The van der Waals surface area contributed by atoms with Crippen LogP contribution in [0, 0.1) is 11.8 Å². The minimum absolute atomic E-state index is 0.106. The molecule has 0 aromatic rings. The van der Waals surface area contributed by atoms with Crippen LogP contribution in [0.2, 0.25) is 0 Å². The normalized spacial score (nSPS) is 31.4. The number of carboxylic acids is 1. The van der Waals surface area contributed by atoms with E-state index >= 15 is 0 Å². The Balaban J connectivity index is 1.81. The molecule has 0 aromatic carbocycles. The van der Waals surface area contributed by atoms with Gasteiger partial charge in [0.15, 0.2) is 0 Å². The van der Waals surface area contributed by atoms with Gasteiger partial charge < -0.3 is 15.7 Å². The first-order valence-corrected chi connectivity index (χ1v) is 6.89. The van der Waals surface area contributed by atoms with Crippen LogP contribution in [0.25, 0.3) is 0 Å². The van der Waals surface area contributed by atoms with Crippen LogP contribution >= 0.6 is 0 Å². The Morgan fingerprint density at radius 2 is 1.74 bits per heavy atom. The average molecular weight is 268 g/mol. The first-order valence-electron chi connectivity index (χ1n) is 6.89. The number of rotatable bonds is 3. The van der Waals surface area contributed by atoms with Gasteiger partial charge in [-0.05, 0) is 38.5 Å². The first kappa shape index (κ1) is 13.8. The summed E-state index contributed by atoms with van der Waals surface area (Å²) in [4.78, 5) is 34.4. The second-order valence-corrected chi connectivity index (χ2v) is 5.38. The highest BCUT2D eigenvalue weighted by molar-refractivity contribution is 5.89. The molecule has 1 heterocycles. The number of hydrogen-bond donors (Lipinski definition) is 3. The molecule has 0 aromatic heterocycles. The van der Waals surface area contributed by atoms with Crippen LogP contribution in [0.4, 0.5) is 0 Å². The summed E-state index contributed by atoms with van der Waals surface area (Å²) in [6.45, 7) is 0.676. The topological polar surface area (TPSA) is 95.5 Å². The third kappa shape index (κ3) is 3.45. The van der Waals surface area contributed by atoms with E-state index in [2.05, 4.69) is 10.6 Å². The van der Waals surface area contributed by atoms with Gasteiger partial charge in [0.2, 0.25) is 11.8 Å². The number of carbonyl (C=O) groups excluding carboxylic acids is 2. The molecule has 0 bridgehead atoms. The molecule has 3 N–H and O–H groups in total. The fourth-order valence-corrected chi connectivity index (χ4v) is 2.80. The van der Waals surface area contributed by atoms with Crippen molar-refractivity contribution >= 4 is 17.8 Å². The molecule has 2 aliphatic rings. The van der Waals surface area contributed by atoms with Crippen molar-refractivity contribution in [2.75, 3.05) is 6.54 Å². The Kier molecular flexibility index (Phi) is 4.39. The monoisotopic (exact) mass is 268 g/mol. The van der Waals surface area contributed by atoms with E-state index < -0.39 is 12.0 Å². The molecule has 1 saturated heterocycles. The molecule has 2 rings (SSSR count). The van der Waals surface area contributed by atoms with Gasteiger partial charge in [0, 0.05) is 12.5 Å². The summed E-state index contributed by atoms with van der Waals surface area (Å²) in [6, 6.07) is -0.418.